The van der Waals surface area contributed by atoms with E-state index in [1.165, 1.54) is 25.9 Å². The van der Waals surface area contributed by atoms with E-state index in [2.05, 4.69) is 9.80 Å². The van der Waals surface area contributed by atoms with Crippen LogP contribution in [0.5, 0.6) is 0 Å². The van der Waals surface area contributed by atoms with Crippen LogP contribution in [-0.2, 0) is 9.53 Å². The second kappa shape index (κ2) is 5.61. The normalized spacial score (nSPS) is 28.4. The third-order valence-electron chi connectivity index (χ3n) is 3.36. The SMILES string of the molecule is O=C(O)C1CN(CCN2CCCC2)CCO1. The van der Waals surface area contributed by atoms with Crippen LogP contribution in [0.25, 0.3) is 0 Å². The number of rotatable bonds is 4. The Morgan fingerprint density at radius 2 is 1.88 bits per heavy atom. The number of morpholine rings is 1. The average molecular weight is 228 g/mol. The van der Waals surface area contributed by atoms with Crippen molar-refractivity contribution in [2.75, 3.05) is 45.9 Å². The van der Waals surface area contributed by atoms with Crippen molar-refractivity contribution >= 4 is 5.97 Å². The van der Waals surface area contributed by atoms with Gasteiger partial charge in [0.2, 0.25) is 0 Å². The molecule has 5 heteroatoms. The highest BCUT2D eigenvalue weighted by Crippen LogP contribution is 2.09. The lowest BCUT2D eigenvalue weighted by Gasteiger charge is -2.31. The minimum atomic E-state index is -0.842. The largest absolute Gasteiger partial charge is 0.479 e. The molecular formula is C11H20N2O3. The number of carbonyl (C=O) groups is 1. The molecule has 1 unspecified atom stereocenters. The second-order valence-corrected chi connectivity index (χ2v) is 4.55. The minimum absolute atomic E-state index is 0.531. The summed E-state index contributed by atoms with van der Waals surface area (Å²) >= 11 is 0. The zero-order valence-corrected chi connectivity index (χ0v) is 9.60. The van der Waals surface area contributed by atoms with Crippen molar-refractivity contribution in [3.05, 3.63) is 0 Å². The number of likely N-dealkylation sites (tertiary alicyclic amines) is 1. The van der Waals surface area contributed by atoms with E-state index in [1.54, 1.807) is 0 Å². The number of aliphatic carboxylic acids is 1. The summed E-state index contributed by atoms with van der Waals surface area (Å²) in [6, 6.07) is 0. The van der Waals surface area contributed by atoms with Gasteiger partial charge in [0.15, 0.2) is 6.10 Å². The highest BCUT2D eigenvalue weighted by Gasteiger charge is 2.26. The van der Waals surface area contributed by atoms with Crippen LogP contribution in [0, 0.1) is 0 Å². The van der Waals surface area contributed by atoms with Crippen LogP contribution in [0.15, 0.2) is 0 Å². The van der Waals surface area contributed by atoms with Crippen molar-refractivity contribution < 1.29 is 14.6 Å². The van der Waals surface area contributed by atoms with Gasteiger partial charge in [-0.05, 0) is 25.9 Å². The molecule has 2 heterocycles. The molecule has 0 spiro atoms. The molecule has 2 rings (SSSR count). The zero-order valence-electron chi connectivity index (χ0n) is 9.60. The van der Waals surface area contributed by atoms with E-state index in [0.717, 1.165) is 19.6 Å². The Hall–Kier alpha value is -0.650. The van der Waals surface area contributed by atoms with Crippen molar-refractivity contribution in [3.8, 4) is 0 Å². The van der Waals surface area contributed by atoms with Gasteiger partial charge in [-0.15, -0.1) is 0 Å². The lowest BCUT2D eigenvalue weighted by molar-refractivity contribution is -0.156. The first kappa shape index (κ1) is 11.8. The molecule has 2 aliphatic rings. The Labute approximate surface area is 96.0 Å². The molecule has 2 aliphatic heterocycles. The van der Waals surface area contributed by atoms with E-state index in [9.17, 15) is 4.79 Å². The van der Waals surface area contributed by atoms with Crippen LogP contribution >= 0.6 is 0 Å². The molecule has 16 heavy (non-hydrogen) atoms. The maximum Gasteiger partial charge on any atom is 0.334 e. The van der Waals surface area contributed by atoms with E-state index >= 15 is 0 Å². The number of carboxylic acid groups (broad SMARTS) is 1. The molecule has 92 valence electrons. The molecule has 0 aromatic heterocycles. The van der Waals surface area contributed by atoms with Gasteiger partial charge < -0.3 is 14.7 Å². The fourth-order valence-corrected chi connectivity index (χ4v) is 2.34. The monoisotopic (exact) mass is 228 g/mol. The van der Waals surface area contributed by atoms with Gasteiger partial charge in [-0.1, -0.05) is 0 Å². The molecule has 0 saturated carbocycles. The molecule has 5 nitrogen and oxygen atoms in total. The van der Waals surface area contributed by atoms with Crippen LogP contribution in [0.4, 0.5) is 0 Å². The van der Waals surface area contributed by atoms with Crippen molar-refractivity contribution in [2.24, 2.45) is 0 Å². The van der Waals surface area contributed by atoms with E-state index in [4.69, 9.17) is 9.84 Å². The van der Waals surface area contributed by atoms with Crippen molar-refractivity contribution in [1.82, 2.24) is 9.80 Å². The highest BCUT2D eigenvalue weighted by molar-refractivity contribution is 5.72. The third-order valence-corrected chi connectivity index (χ3v) is 3.36. The summed E-state index contributed by atoms with van der Waals surface area (Å²) < 4.78 is 5.19. The fraction of sp³-hybridized carbons (Fsp3) is 0.909. The maximum atomic E-state index is 10.8. The average Bonchev–Trinajstić information content (AvgIpc) is 2.79. The number of nitrogens with zero attached hydrogens (tertiary/aromatic N) is 2. The Bertz CT molecular complexity index is 241. The smallest absolute Gasteiger partial charge is 0.334 e. The number of hydrogen-bond acceptors (Lipinski definition) is 4. The first-order chi connectivity index (χ1) is 7.75. The van der Waals surface area contributed by atoms with Crippen molar-refractivity contribution in [3.63, 3.8) is 0 Å². The van der Waals surface area contributed by atoms with E-state index in [0.29, 0.717) is 13.2 Å². The van der Waals surface area contributed by atoms with Gasteiger partial charge in [0.25, 0.3) is 0 Å². The molecule has 0 amide bonds. The molecule has 1 N–H and O–H groups in total. The summed E-state index contributed by atoms with van der Waals surface area (Å²) in [7, 11) is 0. The molecule has 2 fully saturated rings. The summed E-state index contributed by atoms with van der Waals surface area (Å²) in [4.78, 5) is 15.4. The summed E-state index contributed by atoms with van der Waals surface area (Å²) in [6.07, 6.45) is 1.98. The Morgan fingerprint density at radius 3 is 2.56 bits per heavy atom. The predicted molar refractivity (Wildman–Crippen MR) is 59.5 cm³/mol. The van der Waals surface area contributed by atoms with Crippen molar-refractivity contribution in [1.29, 1.82) is 0 Å². The molecular weight excluding hydrogens is 208 g/mol. The van der Waals surface area contributed by atoms with Gasteiger partial charge in [0.1, 0.15) is 0 Å². The second-order valence-electron chi connectivity index (χ2n) is 4.55. The van der Waals surface area contributed by atoms with Gasteiger partial charge >= 0.3 is 5.97 Å². The summed E-state index contributed by atoms with van der Waals surface area (Å²) in [5.41, 5.74) is 0. The number of carboxylic acids is 1. The quantitative estimate of drug-likeness (QED) is 0.726. The Morgan fingerprint density at radius 1 is 1.19 bits per heavy atom. The lowest BCUT2D eigenvalue weighted by Crippen LogP contribution is -2.48. The molecule has 0 bridgehead atoms. The first-order valence-electron chi connectivity index (χ1n) is 6.05. The lowest BCUT2D eigenvalue weighted by atomic mass is 10.2. The van der Waals surface area contributed by atoms with E-state index in [1.807, 2.05) is 0 Å². The third kappa shape index (κ3) is 3.17. The number of hydrogen-bond donors (Lipinski definition) is 1. The van der Waals surface area contributed by atoms with Crippen LogP contribution in [0.2, 0.25) is 0 Å². The van der Waals surface area contributed by atoms with Gasteiger partial charge in [-0.25, -0.2) is 4.79 Å². The topological polar surface area (TPSA) is 53.0 Å². The van der Waals surface area contributed by atoms with Gasteiger partial charge in [0, 0.05) is 26.2 Å². The van der Waals surface area contributed by atoms with Gasteiger partial charge in [0.05, 0.1) is 6.61 Å². The standard InChI is InChI=1S/C11H20N2O3/c14-11(15)10-9-13(7-8-16-10)6-5-12-3-1-2-4-12/h10H,1-9H2,(H,14,15). The maximum absolute atomic E-state index is 10.8. The number of ether oxygens (including phenoxy) is 1. The molecule has 1 atom stereocenters. The van der Waals surface area contributed by atoms with E-state index < -0.39 is 12.1 Å². The molecule has 0 aliphatic carbocycles. The van der Waals surface area contributed by atoms with Crippen molar-refractivity contribution in [2.45, 2.75) is 18.9 Å². The molecule has 0 aromatic rings. The predicted octanol–water partition coefficient (Wildman–Crippen LogP) is -0.132. The van der Waals surface area contributed by atoms with Crippen LogP contribution in [0.3, 0.4) is 0 Å². The fourth-order valence-electron chi connectivity index (χ4n) is 2.34. The molecule has 0 radical (unpaired) electrons. The van der Waals surface area contributed by atoms with Crippen LogP contribution in [0.1, 0.15) is 12.8 Å². The minimum Gasteiger partial charge on any atom is -0.479 e. The molecule has 2 saturated heterocycles. The zero-order chi connectivity index (χ0) is 11.4. The molecule has 0 aromatic carbocycles. The summed E-state index contributed by atoms with van der Waals surface area (Å²) in [5, 5.41) is 8.87. The summed E-state index contributed by atoms with van der Waals surface area (Å²) in [6.45, 7) is 6.36. The van der Waals surface area contributed by atoms with Gasteiger partial charge in [-0.3, -0.25) is 4.90 Å². The first-order valence-corrected chi connectivity index (χ1v) is 6.05. The Kier molecular flexibility index (Phi) is 4.15. The Balaban J connectivity index is 1.70. The van der Waals surface area contributed by atoms with Crippen LogP contribution < -0.4 is 0 Å². The highest BCUT2D eigenvalue weighted by atomic mass is 16.5. The summed E-state index contributed by atoms with van der Waals surface area (Å²) in [5.74, 6) is -0.842. The van der Waals surface area contributed by atoms with Crippen LogP contribution in [-0.4, -0.2) is 72.9 Å². The van der Waals surface area contributed by atoms with E-state index in [-0.39, 0.29) is 0 Å². The van der Waals surface area contributed by atoms with Gasteiger partial charge in [-0.2, -0.15) is 0 Å².